The molecule has 0 aliphatic heterocycles. The van der Waals surface area contributed by atoms with Gasteiger partial charge in [0.1, 0.15) is 0 Å². The van der Waals surface area contributed by atoms with Gasteiger partial charge in [-0.2, -0.15) is 0 Å². The van der Waals surface area contributed by atoms with Crippen LogP contribution in [0.2, 0.25) is 0 Å². The first kappa shape index (κ1) is 16.7. The lowest BCUT2D eigenvalue weighted by molar-refractivity contribution is -0.124. The summed E-state index contributed by atoms with van der Waals surface area (Å²) in [4.78, 5) is 11.8. The van der Waals surface area contributed by atoms with Gasteiger partial charge in [-0.25, -0.2) is 0 Å². The molecule has 3 N–H and O–H groups in total. The highest BCUT2D eigenvalue weighted by molar-refractivity contribution is 5.85. The van der Waals surface area contributed by atoms with Crippen LogP contribution in [0.1, 0.15) is 52.9 Å². The molecule has 4 heteroatoms. The number of rotatable bonds is 4. The van der Waals surface area contributed by atoms with Gasteiger partial charge >= 0.3 is 0 Å². The van der Waals surface area contributed by atoms with E-state index in [4.69, 9.17) is 5.73 Å². The molecule has 1 saturated carbocycles. The lowest BCUT2D eigenvalue weighted by Crippen LogP contribution is -2.48. The number of hydrogen-bond donors (Lipinski definition) is 2. The largest absolute Gasteiger partial charge is 0.352 e. The summed E-state index contributed by atoms with van der Waals surface area (Å²) in [5.74, 6) is 1.11. The number of amides is 1. The molecule has 1 rings (SSSR count). The summed E-state index contributed by atoms with van der Waals surface area (Å²) >= 11 is 0. The Bertz CT molecular complexity index is 225. The molecule has 1 aliphatic rings. The Morgan fingerprint density at radius 2 is 1.82 bits per heavy atom. The molecule has 102 valence electrons. The van der Waals surface area contributed by atoms with Gasteiger partial charge in [-0.1, -0.05) is 27.2 Å². The fourth-order valence-electron chi connectivity index (χ4n) is 2.32. The lowest BCUT2D eigenvalue weighted by Gasteiger charge is -2.29. The molecule has 0 spiro atoms. The van der Waals surface area contributed by atoms with Gasteiger partial charge in [0.15, 0.2) is 0 Å². The fraction of sp³-hybridized carbons (Fsp3) is 0.923. The zero-order valence-corrected chi connectivity index (χ0v) is 12.1. The first-order valence-corrected chi connectivity index (χ1v) is 6.60. The van der Waals surface area contributed by atoms with Crippen molar-refractivity contribution in [3.63, 3.8) is 0 Å². The Kier molecular flexibility index (Phi) is 7.80. The molecule has 1 amide bonds. The van der Waals surface area contributed by atoms with Gasteiger partial charge in [0.2, 0.25) is 5.91 Å². The number of nitrogens with two attached hydrogens (primary N) is 1. The Morgan fingerprint density at radius 3 is 2.24 bits per heavy atom. The molecule has 0 aromatic rings. The Hall–Kier alpha value is -0.280. The average Bonchev–Trinajstić information content (AvgIpc) is 2.28. The van der Waals surface area contributed by atoms with Crippen molar-refractivity contribution in [3.05, 3.63) is 0 Å². The van der Waals surface area contributed by atoms with Crippen molar-refractivity contribution in [2.75, 3.05) is 0 Å². The van der Waals surface area contributed by atoms with Gasteiger partial charge < -0.3 is 11.1 Å². The summed E-state index contributed by atoms with van der Waals surface area (Å²) in [5, 5.41) is 3.08. The maximum atomic E-state index is 11.8. The van der Waals surface area contributed by atoms with Gasteiger partial charge in [0.25, 0.3) is 0 Å². The molecular formula is C13H27ClN2O. The summed E-state index contributed by atoms with van der Waals surface area (Å²) < 4.78 is 0. The number of nitrogens with one attached hydrogen (secondary N) is 1. The molecule has 1 fully saturated rings. The predicted octanol–water partition coefficient (Wildman–Crippen LogP) is 2.48. The minimum absolute atomic E-state index is 0. The van der Waals surface area contributed by atoms with E-state index in [-0.39, 0.29) is 30.3 Å². The Morgan fingerprint density at radius 1 is 1.29 bits per heavy atom. The third-order valence-electron chi connectivity index (χ3n) is 3.79. The zero-order valence-electron chi connectivity index (χ0n) is 11.2. The zero-order chi connectivity index (χ0) is 12.1. The summed E-state index contributed by atoms with van der Waals surface area (Å²) in [6, 6.07) is 0.00370. The molecule has 1 aliphatic carbocycles. The van der Waals surface area contributed by atoms with Gasteiger partial charge in [0, 0.05) is 6.04 Å². The molecule has 0 heterocycles. The van der Waals surface area contributed by atoms with Crippen molar-refractivity contribution in [3.8, 4) is 0 Å². The number of halogens is 1. The molecule has 17 heavy (non-hydrogen) atoms. The van der Waals surface area contributed by atoms with E-state index in [1.807, 2.05) is 13.8 Å². The van der Waals surface area contributed by atoms with Crippen LogP contribution in [0.5, 0.6) is 0 Å². The van der Waals surface area contributed by atoms with E-state index in [0.29, 0.717) is 6.04 Å². The van der Waals surface area contributed by atoms with Gasteiger partial charge in [-0.3, -0.25) is 4.79 Å². The SMILES string of the molecule is CCC1CCC(NC(=O)[C@@H](N)C(C)C)CC1.Cl. The van der Waals surface area contributed by atoms with E-state index in [1.165, 1.54) is 19.3 Å². The van der Waals surface area contributed by atoms with E-state index in [0.717, 1.165) is 18.8 Å². The van der Waals surface area contributed by atoms with Crippen LogP contribution < -0.4 is 11.1 Å². The molecule has 0 aromatic carbocycles. The van der Waals surface area contributed by atoms with Gasteiger partial charge in [-0.15, -0.1) is 12.4 Å². The smallest absolute Gasteiger partial charge is 0.237 e. The maximum absolute atomic E-state index is 11.8. The van der Waals surface area contributed by atoms with Crippen LogP contribution in [-0.4, -0.2) is 18.0 Å². The molecule has 0 unspecified atom stereocenters. The average molecular weight is 263 g/mol. The first-order chi connectivity index (χ1) is 7.54. The molecule has 0 saturated heterocycles. The van der Waals surface area contributed by atoms with Gasteiger partial charge in [-0.05, 0) is 37.5 Å². The lowest BCUT2D eigenvalue weighted by atomic mass is 9.84. The number of carbonyl (C=O) groups is 1. The Balaban J connectivity index is 0.00000256. The van der Waals surface area contributed by atoms with Crippen LogP contribution in [0.15, 0.2) is 0 Å². The summed E-state index contributed by atoms with van der Waals surface area (Å²) in [6.45, 7) is 6.22. The van der Waals surface area contributed by atoms with Crippen LogP contribution in [0.4, 0.5) is 0 Å². The second-order valence-electron chi connectivity index (χ2n) is 5.40. The van der Waals surface area contributed by atoms with Crippen molar-refractivity contribution in [2.24, 2.45) is 17.6 Å². The third-order valence-corrected chi connectivity index (χ3v) is 3.79. The van der Waals surface area contributed by atoms with E-state index in [9.17, 15) is 4.79 Å². The second-order valence-corrected chi connectivity index (χ2v) is 5.40. The van der Waals surface area contributed by atoms with Crippen LogP contribution in [0.25, 0.3) is 0 Å². The monoisotopic (exact) mass is 262 g/mol. The number of hydrogen-bond acceptors (Lipinski definition) is 2. The van der Waals surface area contributed by atoms with E-state index in [2.05, 4.69) is 12.2 Å². The maximum Gasteiger partial charge on any atom is 0.237 e. The third kappa shape index (κ3) is 5.26. The summed E-state index contributed by atoms with van der Waals surface area (Å²) in [6.07, 6.45) is 6.01. The van der Waals surface area contributed by atoms with Crippen molar-refractivity contribution >= 4 is 18.3 Å². The highest BCUT2D eigenvalue weighted by Gasteiger charge is 2.24. The topological polar surface area (TPSA) is 55.1 Å². The van der Waals surface area contributed by atoms with E-state index in [1.54, 1.807) is 0 Å². The predicted molar refractivity (Wildman–Crippen MR) is 74.2 cm³/mol. The van der Waals surface area contributed by atoms with Gasteiger partial charge in [0.05, 0.1) is 6.04 Å². The number of carbonyl (C=O) groups excluding carboxylic acids is 1. The quantitative estimate of drug-likeness (QED) is 0.818. The fourth-order valence-corrected chi connectivity index (χ4v) is 2.32. The molecule has 0 bridgehead atoms. The molecule has 3 nitrogen and oxygen atoms in total. The Labute approximate surface area is 111 Å². The van der Waals surface area contributed by atoms with Crippen LogP contribution in [0.3, 0.4) is 0 Å². The van der Waals surface area contributed by atoms with E-state index < -0.39 is 0 Å². The molecular weight excluding hydrogens is 236 g/mol. The van der Waals surface area contributed by atoms with Crippen LogP contribution in [0, 0.1) is 11.8 Å². The van der Waals surface area contributed by atoms with E-state index >= 15 is 0 Å². The highest BCUT2D eigenvalue weighted by Crippen LogP contribution is 2.26. The molecule has 1 atom stereocenters. The minimum Gasteiger partial charge on any atom is -0.352 e. The summed E-state index contributed by atoms with van der Waals surface area (Å²) in [5.41, 5.74) is 5.82. The highest BCUT2D eigenvalue weighted by atomic mass is 35.5. The summed E-state index contributed by atoms with van der Waals surface area (Å²) in [7, 11) is 0. The second kappa shape index (κ2) is 7.93. The molecule has 0 radical (unpaired) electrons. The van der Waals surface area contributed by atoms with Crippen molar-refractivity contribution in [1.82, 2.24) is 5.32 Å². The minimum atomic E-state index is -0.358. The normalized spacial score (nSPS) is 26.2. The molecule has 0 aromatic heterocycles. The van der Waals surface area contributed by atoms with Crippen molar-refractivity contribution in [2.45, 2.75) is 65.0 Å². The van der Waals surface area contributed by atoms with Crippen LogP contribution >= 0.6 is 12.4 Å². The standard InChI is InChI=1S/C13H26N2O.ClH/c1-4-10-5-7-11(8-6-10)15-13(16)12(14)9(2)3;/h9-12H,4-8,14H2,1-3H3,(H,15,16);1H/t10?,11?,12-;/m0./s1. The first-order valence-electron chi connectivity index (χ1n) is 6.60. The van der Waals surface area contributed by atoms with Crippen LogP contribution in [-0.2, 0) is 4.79 Å². The van der Waals surface area contributed by atoms with Crippen molar-refractivity contribution in [1.29, 1.82) is 0 Å². The van der Waals surface area contributed by atoms with Crippen molar-refractivity contribution < 1.29 is 4.79 Å².